The number of thiazole rings is 1. The predicted molar refractivity (Wildman–Crippen MR) is 98.2 cm³/mol. The molecule has 10 heteroatoms. The highest BCUT2D eigenvalue weighted by molar-refractivity contribution is 7.11. The third-order valence-corrected chi connectivity index (χ3v) is 6.18. The molecule has 0 aliphatic carbocycles. The lowest BCUT2D eigenvalue weighted by Crippen LogP contribution is -2.68. The van der Waals surface area contributed by atoms with Gasteiger partial charge in [0.05, 0.1) is 38.1 Å². The Kier molecular flexibility index (Phi) is 4.58. The first-order valence-corrected chi connectivity index (χ1v) is 9.52. The number of hydrogen-bond acceptors (Lipinski definition) is 10. The topological polar surface area (TPSA) is 119 Å². The molecule has 27 heavy (non-hydrogen) atoms. The van der Waals surface area contributed by atoms with E-state index in [0.717, 1.165) is 11.3 Å². The fourth-order valence-corrected chi connectivity index (χ4v) is 4.50. The van der Waals surface area contributed by atoms with E-state index in [4.69, 9.17) is 15.2 Å². The smallest absolute Gasteiger partial charge is 0.337 e. The second-order valence-corrected chi connectivity index (χ2v) is 7.87. The molecule has 144 valence electrons. The van der Waals surface area contributed by atoms with E-state index in [9.17, 15) is 9.59 Å². The first-order valence-electron chi connectivity index (χ1n) is 8.64. The van der Waals surface area contributed by atoms with Crippen LogP contribution in [0.5, 0.6) is 0 Å². The van der Waals surface area contributed by atoms with Crippen molar-refractivity contribution < 1.29 is 19.1 Å². The summed E-state index contributed by atoms with van der Waals surface area (Å²) < 4.78 is 10.5. The molecule has 2 bridgehead atoms. The number of esters is 1. The van der Waals surface area contributed by atoms with E-state index in [1.165, 1.54) is 18.4 Å². The van der Waals surface area contributed by atoms with Gasteiger partial charge in [-0.25, -0.2) is 9.78 Å². The van der Waals surface area contributed by atoms with Crippen LogP contribution in [0.1, 0.15) is 17.8 Å². The van der Waals surface area contributed by atoms with Gasteiger partial charge in [-0.2, -0.15) is 0 Å². The number of hydrogen-bond donors (Lipinski definition) is 2. The molecule has 2 atom stereocenters. The maximum atomic E-state index is 12.3. The van der Waals surface area contributed by atoms with Crippen LogP contribution in [-0.2, 0) is 19.1 Å². The molecule has 9 nitrogen and oxygen atoms in total. The first-order chi connectivity index (χ1) is 13.0. The number of fused-ring (bicyclic) bond motifs is 2. The molecule has 0 amide bonds. The standard InChI is InChI=1S/C17H21N5O4S/c1-25-15(24)11-6-20-13(14-19-4-5-27-14)21-12(11)7-22-16(8-23)2-3-17(22,18)10-26-9-16/h4-5,8H,2-3,6-7,9-10,18H2,1H3,(H,20,21). The number of aliphatic imine (C=N–C) groups is 1. The van der Waals surface area contributed by atoms with Crippen LogP contribution < -0.4 is 11.1 Å². The number of nitrogens with two attached hydrogens (primary N) is 1. The van der Waals surface area contributed by atoms with Crippen LogP contribution >= 0.6 is 11.3 Å². The zero-order valence-corrected chi connectivity index (χ0v) is 15.8. The molecule has 3 aliphatic heterocycles. The van der Waals surface area contributed by atoms with E-state index in [-0.39, 0.29) is 6.54 Å². The number of carbonyl (C=O) groups is 2. The first kappa shape index (κ1) is 18.2. The molecule has 2 unspecified atom stereocenters. The average Bonchev–Trinajstić information content (AvgIpc) is 3.26. The van der Waals surface area contributed by atoms with Crippen molar-refractivity contribution in [3.63, 3.8) is 0 Å². The Bertz CT molecular complexity index is 823. The third-order valence-electron chi connectivity index (χ3n) is 5.40. The Balaban J connectivity index is 1.67. The Morgan fingerprint density at radius 3 is 3.07 bits per heavy atom. The van der Waals surface area contributed by atoms with Gasteiger partial charge in [0, 0.05) is 23.8 Å². The van der Waals surface area contributed by atoms with Gasteiger partial charge >= 0.3 is 5.97 Å². The molecule has 2 saturated heterocycles. The second kappa shape index (κ2) is 6.79. The van der Waals surface area contributed by atoms with E-state index in [1.54, 1.807) is 6.20 Å². The van der Waals surface area contributed by atoms with Crippen molar-refractivity contribution in [1.29, 1.82) is 0 Å². The van der Waals surface area contributed by atoms with Gasteiger partial charge in [0.1, 0.15) is 11.8 Å². The predicted octanol–water partition coefficient (Wildman–Crippen LogP) is -0.361. The minimum absolute atomic E-state index is 0.180. The van der Waals surface area contributed by atoms with Crippen molar-refractivity contribution in [2.45, 2.75) is 24.0 Å². The SMILES string of the molecule is COC(=O)C1=C(CN2C3(N)CCC2(C=O)COC3)NC(c2nccs2)=NC1. The number of nitrogens with zero attached hydrogens (tertiary/aromatic N) is 3. The van der Waals surface area contributed by atoms with Crippen molar-refractivity contribution in [1.82, 2.24) is 15.2 Å². The van der Waals surface area contributed by atoms with Gasteiger partial charge < -0.3 is 25.3 Å². The molecule has 0 spiro atoms. The van der Waals surface area contributed by atoms with Gasteiger partial charge in [-0.05, 0) is 12.8 Å². The minimum atomic E-state index is -0.779. The fraction of sp³-hybridized carbons (Fsp3) is 0.529. The maximum Gasteiger partial charge on any atom is 0.337 e. The summed E-state index contributed by atoms with van der Waals surface area (Å²) in [6, 6.07) is 0. The highest BCUT2D eigenvalue weighted by atomic mass is 32.1. The van der Waals surface area contributed by atoms with Gasteiger partial charge in [0.15, 0.2) is 10.8 Å². The van der Waals surface area contributed by atoms with Crippen LogP contribution in [0.2, 0.25) is 0 Å². The molecule has 1 aromatic heterocycles. The largest absolute Gasteiger partial charge is 0.466 e. The second-order valence-electron chi connectivity index (χ2n) is 6.98. The quantitative estimate of drug-likeness (QED) is 0.516. The molecule has 4 rings (SSSR count). The molecule has 4 heterocycles. The van der Waals surface area contributed by atoms with E-state index < -0.39 is 17.2 Å². The lowest BCUT2D eigenvalue weighted by Gasteiger charge is -2.47. The summed E-state index contributed by atoms with van der Waals surface area (Å²) in [6.07, 6.45) is 3.89. The van der Waals surface area contributed by atoms with E-state index in [1.807, 2.05) is 10.3 Å². The zero-order chi connectivity index (χ0) is 19.1. The highest BCUT2D eigenvalue weighted by Crippen LogP contribution is 2.41. The Hall–Kier alpha value is -2.14. The molecule has 2 fully saturated rings. The van der Waals surface area contributed by atoms with Gasteiger partial charge in [-0.15, -0.1) is 11.3 Å². The van der Waals surface area contributed by atoms with Crippen LogP contribution in [0.3, 0.4) is 0 Å². The van der Waals surface area contributed by atoms with Gasteiger partial charge in [0.25, 0.3) is 0 Å². The third kappa shape index (κ3) is 2.98. The number of rotatable bonds is 5. The minimum Gasteiger partial charge on any atom is -0.466 e. The Morgan fingerprint density at radius 1 is 1.52 bits per heavy atom. The van der Waals surface area contributed by atoms with Crippen molar-refractivity contribution in [3.8, 4) is 0 Å². The van der Waals surface area contributed by atoms with Gasteiger partial charge in [-0.3, -0.25) is 9.89 Å². The van der Waals surface area contributed by atoms with E-state index in [0.29, 0.717) is 49.7 Å². The maximum absolute atomic E-state index is 12.3. The van der Waals surface area contributed by atoms with Crippen LogP contribution in [0.25, 0.3) is 0 Å². The Labute approximate surface area is 160 Å². The Morgan fingerprint density at radius 2 is 2.37 bits per heavy atom. The van der Waals surface area contributed by atoms with Crippen LogP contribution in [0.15, 0.2) is 27.8 Å². The molecular formula is C17H21N5O4S. The van der Waals surface area contributed by atoms with Gasteiger partial charge in [-0.1, -0.05) is 0 Å². The molecule has 3 N–H and O–H groups in total. The van der Waals surface area contributed by atoms with Crippen molar-refractivity contribution in [2.75, 3.05) is 33.4 Å². The molecule has 0 aromatic carbocycles. The zero-order valence-electron chi connectivity index (χ0n) is 14.9. The van der Waals surface area contributed by atoms with Crippen molar-refractivity contribution in [3.05, 3.63) is 27.9 Å². The summed E-state index contributed by atoms with van der Waals surface area (Å²) in [4.78, 5) is 34.8. The highest BCUT2D eigenvalue weighted by Gasteiger charge is 2.57. The molecule has 1 aromatic rings. The van der Waals surface area contributed by atoms with Crippen LogP contribution in [0, 0.1) is 0 Å². The fourth-order valence-electron chi connectivity index (χ4n) is 3.90. The lowest BCUT2D eigenvalue weighted by molar-refractivity contribution is -0.139. The number of aldehydes is 1. The van der Waals surface area contributed by atoms with Crippen molar-refractivity contribution in [2.24, 2.45) is 10.7 Å². The molecular weight excluding hydrogens is 370 g/mol. The summed E-state index contributed by atoms with van der Waals surface area (Å²) in [5.41, 5.74) is 6.07. The van der Waals surface area contributed by atoms with E-state index >= 15 is 0 Å². The summed E-state index contributed by atoms with van der Waals surface area (Å²) in [5.74, 6) is 0.144. The number of carbonyl (C=O) groups excluding carboxylic acids is 2. The van der Waals surface area contributed by atoms with Crippen LogP contribution in [-0.4, -0.2) is 72.6 Å². The number of methoxy groups -OCH3 is 1. The normalized spacial score (nSPS) is 30.7. The molecule has 0 saturated carbocycles. The average molecular weight is 391 g/mol. The summed E-state index contributed by atoms with van der Waals surface area (Å²) >= 11 is 1.45. The number of aromatic nitrogens is 1. The summed E-state index contributed by atoms with van der Waals surface area (Å²) in [6.45, 7) is 1.12. The molecule has 3 aliphatic rings. The number of amidine groups is 1. The monoisotopic (exact) mass is 391 g/mol. The van der Waals surface area contributed by atoms with Crippen LogP contribution in [0.4, 0.5) is 0 Å². The molecule has 0 radical (unpaired) electrons. The number of morpholine rings is 1. The van der Waals surface area contributed by atoms with Crippen molar-refractivity contribution >= 4 is 29.4 Å². The van der Waals surface area contributed by atoms with Gasteiger partial charge in [0.2, 0.25) is 0 Å². The summed E-state index contributed by atoms with van der Waals surface area (Å²) in [7, 11) is 1.34. The number of ether oxygens (including phenoxy) is 2. The lowest BCUT2D eigenvalue weighted by atomic mass is 9.98. The van der Waals surface area contributed by atoms with E-state index in [2.05, 4.69) is 15.3 Å². The number of nitrogens with one attached hydrogen (secondary N) is 1. The summed E-state index contributed by atoms with van der Waals surface area (Å²) in [5, 5.41) is 5.81.